The molecule has 0 aliphatic rings. The van der Waals surface area contributed by atoms with E-state index in [4.69, 9.17) is 23.2 Å². The first-order valence-corrected chi connectivity index (χ1v) is 11.4. The molecule has 2 heterocycles. The second kappa shape index (κ2) is 9.63. The summed E-state index contributed by atoms with van der Waals surface area (Å²) in [6.07, 6.45) is 5.31. The normalized spacial score (nSPS) is 11.9. The Balaban J connectivity index is 1.71. The molecule has 0 amide bonds. The molecule has 34 heavy (non-hydrogen) atoms. The summed E-state index contributed by atoms with van der Waals surface area (Å²) in [6.45, 7) is 0.476. The van der Waals surface area contributed by atoms with Gasteiger partial charge in [0.1, 0.15) is 5.69 Å². The van der Waals surface area contributed by atoms with Crippen LogP contribution in [-0.4, -0.2) is 30.3 Å². The van der Waals surface area contributed by atoms with Gasteiger partial charge in [-0.1, -0.05) is 95.1 Å². The van der Waals surface area contributed by atoms with Gasteiger partial charge in [0.05, 0.1) is 18.9 Å². The Kier molecular flexibility index (Phi) is 6.25. The number of benzene rings is 3. The van der Waals surface area contributed by atoms with Crippen LogP contribution in [0.3, 0.4) is 0 Å². The van der Waals surface area contributed by atoms with Gasteiger partial charge in [-0.15, -0.1) is 5.10 Å². The lowest BCUT2D eigenvalue weighted by Crippen LogP contribution is -2.20. The lowest BCUT2D eigenvalue weighted by atomic mass is 10.0. The first kappa shape index (κ1) is 22.1. The van der Waals surface area contributed by atoms with E-state index in [0.717, 1.165) is 11.1 Å². The van der Waals surface area contributed by atoms with Crippen molar-refractivity contribution in [1.82, 2.24) is 24.5 Å². The molecule has 0 aliphatic carbocycles. The molecule has 0 saturated heterocycles. The van der Waals surface area contributed by atoms with E-state index in [1.807, 2.05) is 65.4 Å². The second-order valence-electron chi connectivity index (χ2n) is 7.73. The van der Waals surface area contributed by atoms with E-state index in [2.05, 4.69) is 15.3 Å². The van der Waals surface area contributed by atoms with Crippen LogP contribution in [0.4, 0.5) is 0 Å². The van der Waals surface area contributed by atoms with Crippen molar-refractivity contribution in [2.24, 2.45) is 0 Å². The molecular weight excluding hydrogens is 469 g/mol. The average Bonchev–Trinajstić information content (AvgIpc) is 3.54. The summed E-state index contributed by atoms with van der Waals surface area (Å²) in [4.78, 5) is 17.6. The predicted octanol–water partition coefficient (Wildman–Crippen LogP) is 5.97. The highest BCUT2D eigenvalue weighted by Gasteiger charge is 2.28. The molecule has 3 aromatic carbocycles. The molecule has 0 fully saturated rings. The summed E-state index contributed by atoms with van der Waals surface area (Å²) in [7, 11) is 0. The topological polar surface area (TPSA) is 65.6 Å². The summed E-state index contributed by atoms with van der Waals surface area (Å²) < 4.78 is 3.70. The zero-order valence-electron chi connectivity index (χ0n) is 17.9. The predicted molar refractivity (Wildman–Crippen MR) is 132 cm³/mol. The van der Waals surface area contributed by atoms with Crippen molar-refractivity contribution < 1.29 is 4.79 Å². The number of aromatic nitrogens is 5. The highest BCUT2D eigenvalue weighted by Crippen LogP contribution is 2.34. The van der Waals surface area contributed by atoms with Gasteiger partial charge < -0.3 is 4.57 Å². The molecule has 8 heteroatoms. The molecule has 0 saturated carbocycles. The summed E-state index contributed by atoms with van der Waals surface area (Å²) in [6, 6.07) is 23.7. The highest BCUT2D eigenvalue weighted by molar-refractivity contribution is 6.35. The van der Waals surface area contributed by atoms with Crippen LogP contribution in [0.15, 0.2) is 97.6 Å². The molecule has 1 unspecified atom stereocenters. The van der Waals surface area contributed by atoms with Gasteiger partial charge in [0, 0.05) is 33.6 Å². The van der Waals surface area contributed by atoms with Gasteiger partial charge in [-0.05, 0) is 17.7 Å². The maximum Gasteiger partial charge on any atom is 0.215 e. The van der Waals surface area contributed by atoms with Crippen LogP contribution in [0, 0.1) is 0 Å². The zero-order chi connectivity index (χ0) is 23.5. The SMILES string of the molecule is O=C(c1ccccc1)c1nnn(C(Cn2ccnc2)c2ccc(Cl)cc2Cl)c1-c1ccccc1. The van der Waals surface area contributed by atoms with Crippen LogP contribution in [0.5, 0.6) is 0 Å². The number of hydrogen-bond acceptors (Lipinski definition) is 4. The number of carbonyl (C=O) groups is 1. The molecule has 6 nitrogen and oxygen atoms in total. The van der Waals surface area contributed by atoms with E-state index in [-0.39, 0.29) is 17.5 Å². The summed E-state index contributed by atoms with van der Waals surface area (Å²) in [5, 5.41) is 9.88. The molecule has 1 atom stereocenters. The maximum atomic E-state index is 13.5. The molecule has 0 spiro atoms. The lowest BCUT2D eigenvalue weighted by molar-refractivity contribution is 0.103. The van der Waals surface area contributed by atoms with Crippen molar-refractivity contribution in [3.63, 3.8) is 0 Å². The number of hydrogen-bond donors (Lipinski definition) is 0. The van der Waals surface area contributed by atoms with Crippen molar-refractivity contribution in [3.8, 4) is 11.3 Å². The number of ketones is 1. The fourth-order valence-corrected chi connectivity index (χ4v) is 4.46. The second-order valence-corrected chi connectivity index (χ2v) is 8.58. The van der Waals surface area contributed by atoms with Crippen LogP contribution < -0.4 is 0 Å². The van der Waals surface area contributed by atoms with Crippen LogP contribution >= 0.6 is 23.2 Å². The Morgan fingerprint density at radius 2 is 1.68 bits per heavy atom. The van der Waals surface area contributed by atoms with Crippen molar-refractivity contribution in [3.05, 3.63) is 124 Å². The number of halogens is 2. The summed E-state index contributed by atoms with van der Waals surface area (Å²) in [5.41, 5.74) is 3.07. The van der Waals surface area contributed by atoms with E-state index in [0.29, 0.717) is 27.8 Å². The van der Waals surface area contributed by atoms with Gasteiger partial charge in [-0.3, -0.25) is 4.79 Å². The fraction of sp³-hybridized carbons (Fsp3) is 0.0769. The average molecular weight is 488 g/mol. The molecule has 5 aromatic rings. The molecule has 0 bridgehead atoms. The molecule has 2 aromatic heterocycles. The van der Waals surface area contributed by atoms with Crippen molar-refractivity contribution in [2.45, 2.75) is 12.6 Å². The van der Waals surface area contributed by atoms with Crippen LogP contribution in [0.25, 0.3) is 11.3 Å². The minimum atomic E-state index is -0.376. The monoisotopic (exact) mass is 487 g/mol. The Hall–Kier alpha value is -3.74. The lowest BCUT2D eigenvalue weighted by Gasteiger charge is -2.22. The Morgan fingerprint density at radius 3 is 2.35 bits per heavy atom. The Bertz CT molecular complexity index is 1420. The van der Waals surface area contributed by atoms with E-state index >= 15 is 0 Å². The molecule has 168 valence electrons. The number of rotatable bonds is 7. The molecule has 0 radical (unpaired) electrons. The first-order chi connectivity index (χ1) is 16.6. The largest absolute Gasteiger partial charge is 0.335 e. The highest BCUT2D eigenvalue weighted by atomic mass is 35.5. The van der Waals surface area contributed by atoms with Crippen molar-refractivity contribution in [2.75, 3.05) is 0 Å². The van der Waals surface area contributed by atoms with Gasteiger partial charge in [-0.25, -0.2) is 9.67 Å². The minimum Gasteiger partial charge on any atom is -0.335 e. The minimum absolute atomic E-state index is 0.200. The quantitative estimate of drug-likeness (QED) is 0.265. The Morgan fingerprint density at radius 1 is 0.941 bits per heavy atom. The van der Waals surface area contributed by atoms with Gasteiger partial charge >= 0.3 is 0 Å². The first-order valence-electron chi connectivity index (χ1n) is 10.6. The molecular formula is C26H19Cl2N5O. The van der Waals surface area contributed by atoms with E-state index in [9.17, 15) is 4.79 Å². The van der Waals surface area contributed by atoms with Crippen LogP contribution in [0.1, 0.15) is 27.7 Å². The Labute approximate surface area is 206 Å². The third-order valence-electron chi connectivity index (χ3n) is 5.55. The standard InChI is InChI=1S/C26H19Cl2N5O/c27-20-11-12-21(22(28)15-20)23(16-32-14-13-29-17-32)33-25(18-7-3-1-4-8-18)24(30-31-33)26(34)19-9-5-2-6-10-19/h1-15,17,23H,16H2. The van der Waals surface area contributed by atoms with Crippen molar-refractivity contribution in [1.29, 1.82) is 0 Å². The third kappa shape index (κ3) is 4.38. The number of imidazole rings is 1. The zero-order valence-corrected chi connectivity index (χ0v) is 19.4. The van der Waals surface area contributed by atoms with Gasteiger partial charge in [0.15, 0.2) is 5.69 Å². The third-order valence-corrected chi connectivity index (χ3v) is 6.11. The fourth-order valence-electron chi connectivity index (χ4n) is 3.93. The van der Waals surface area contributed by atoms with Crippen molar-refractivity contribution >= 4 is 29.0 Å². The number of nitrogens with zero attached hydrogens (tertiary/aromatic N) is 5. The maximum absolute atomic E-state index is 13.5. The smallest absolute Gasteiger partial charge is 0.215 e. The van der Waals surface area contributed by atoms with E-state index in [1.54, 1.807) is 41.5 Å². The summed E-state index contributed by atoms with van der Waals surface area (Å²) >= 11 is 12.8. The molecule has 0 aliphatic heterocycles. The molecule has 0 N–H and O–H groups in total. The number of carbonyl (C=O) groups excluding carboxylic acids is 1. The van der Waals surface area contributed by atoms with Gasteiger partial charge in [0.2, 0.25) is 5.78 Å². The van der Waals surface area contributed by atoms with Gasteiger partial charge in [0.25, 0.3) is 0 Å². The van der Waals surface area contributed by atoms with Crippen LogP contribution in [0.2, 0.25) is 10.0 Å². The van der Waals surface area contributed by atoms with E-state index < -0.39 is 0 Å². The van der Waals surface area contributed by atoms with Gasteiger partial charge in [-0.2, -0.15) is 0 Å². The molecule has 5 rings (SSSR count). The van der Waals surface area contributed by atoms with E-state index in [1.165, 1.54) is 0 Å². The van der Waals surface area contributed by atoms with Crippen LogP contribution in [-0.2, 0) is 6.54 Å². The summed E-state index contributed by atoms with van der Waals surface area (Å²) in [5.74, 6) is -0.200.